The Balaban J connectivity index is 1.74. The van der Waals surface area contributed by atoms with E-state index >= 15 is 0 Å². The van der Waals surface area contributed by atoms with Crippen LogP contribution in [0.1, 0.15) is 24.5 Å². The maximum Gasteiger partial charge on any atom is 0.227 e. The van der Waals surface area contributed by atoms with Gasteiger partial charge in [0.15, 0.2) is 0 Å². The predicted octanol–water partition coefficient (Wildman–Crippen LogP) is 3.01. The molecule has 5 heteroatoms. The van der Waals surface area contributed by atoms with Crippen LogP contribution in [0.3, 0.4) is 0 Å². The van der Waals surface area contributed by atoms with E-state index in [0.717, 1.165) is 18.4 Å². The molecule has 0 spiro atoms. The summed E-state index contributed by atoms with van der Waals surface area (Å²) in [7, 11) is 0. The van der Waals surface area contributed by atoms with Gasteiger partial charge in [-0.15, -0.1) is 0 Å². The minimum atomic E-state index is -0.313. The number of halogens is 1. The van der Waals surface area contributed by atoms with Gasteiger partial charge in [0, 0.05) is 25.5 Å². The third kappa shape index (κ3) is 4.42. The predicted molar refractivity (Wildman–Crippen MR) is 93.6 cm³/mol. The van der Waals surface area contributed by atoms with Crippen molar-refractivity contribution in [2.75, 3.05) is 13.2 Å². The third-order valence-electron chi connectivity index (χ3n) is 4.62. The lowest BCUT2D eigenvalue weighted by molar-refractivity contribution is -0.132. The molecule has 1 aliphatic heterocycles. The monoisotopic (exact) mass is 342 g/mol. The van der Waals surface area contributed by atoms with Crippen molar-refractivity contribution in [3.05, 3.63) is 65.7 Å². The van der Waals surface area contributed by atoms with Gasteiger partial charge < -0.3 is 9.64 Å². The van der Waals surface area contributed by atoms with E-state index in [2.05, 4.69) is 4.98 Å². The number of pyridine rings is 1. The smallest absolute Gasteiger partial charge is 0.227 e. The van der Waals surface area contributed by atoms with Gasteiger partial charge in [0.25, 0.3) is 0 Å². The molecule has 132 valence electrons. The highest BCUT2D eigenvalue weighted by molar-refractivity contribution is 5.79. The van der Waals surface area contributed by atoms with E-state index in [0.29, 0.717) is 18.7 Å². The quantitative estimate of drug-likeness (QED) is 0.810. The topological polar surface area (TPSA) is 42.4 Å². The lowest BCUT2D eigenvalue weighted by Gasteiger charge is -2.28. The molecule has 0 radical (unpaired) electrons. The Morgan fingerprint density at radius 2 is 2.08 bits per heavy atom. The summed E-state index contributed by atoms with van der Waals surface area (Å²) < 4.78 is 19.2. The van der Waals surface area contributed by atoms with E-state index < -0.39 is 0 Å². The second-order valence-corrected chi connectivity index (χ2v) is 6.30. The van der Waals surface area contributed by atoms with E-state index in [9.17, 15) is 9.18 Å². The lowest BCUT2D eigenvalue weighted by Crippen LogP contribution is -2.42. The van der Waals surface area contributed by atoms with Crippen LogP contribution >= 0.6 is 0 Å². The number of carbonyl (C=O) groups is 1. The van der Waals surface area contributed by atoms with Crippen LogP contribution in [0.5, 0.6) is 0 Å². The van der Waals surface area contributed by atoms with Gasteiger partial charge >= 0.3 is 0 Å². The van der Waals surface area contributed by atoms with E-state index in [4.69, 9.17) is 4.74 Å². The highest BCUT2D eigenvalue weighted by Crippen LogP contribution is 2.25. The van der Waals surface area contributed by atoms with Gasteiger partial charge in [-0.25, -0.2) is 4.39 Å². The largest absolute Gasteiger partial charge is 0.376 e. The summed E-state index contributed by atoms with van der Waals surface area (Å²) in [4.78, 5) is 18.8. The van der Waals surface area contributed by atoms with Crippen molar-refractivity contribution in [1.82, 2.24) is 9.88 Å². The highest BCUT2D eigenvalue weighted by atomic mass is 19.1. The second kappa shape index (κ2) is 8.21. The molecule has 2 atom stereocenters. The maximum absolute atomic E-state index is 13.4. The fourth-order valence-corrected chi connectivity index (χ4v) is 3.47. The number of rotatable bonds is 6. The van der Waals surface area contributed by atoms with Crippen molar-refractivity contribution in [2.45, 2.75) is 38.3 Å². The second-order valence-electron chi connectivity index (χ2n) is 6.30. The molecule has 25 heavy (non-hydrogen) atoms. The molecule has 2 heterocycles. The number of benzene rings is 1. The Kier molecular flexibility index (Phi) is 5.76. The Morgan fingerprint density at radius 3 is 2.80 bits per heavy atom. The average molecular weight is 342 g/mol. The number of aromatic nitrogens is 1. The zero-order valence-electron chi connectivity index (χ0n) is 14.4. The third-order valence-corrected chi connectivity index (χ3v) is 4.62. The number of hydrogen-bond donors (Lipinski definition) is 0. The first-order valence-corrected chi connectivity index (χ1v) is 8.71. The molecule has 3 rings (SSSR count). The molecule has 0 saturated carbocycles. The molecule has 1 amide bonds. The van der Waals surface area contributed by atoms with Gasteiger partial charge in [-0.2, -0.15) is 0 Å². The average Bonchev–Trinajstić information content (AvgIpc) is 2.99. The van der Waals surface area contributed by atoms with Crippen LogP contribution in [-0.2, 0) is 22.4 Å². The first kappa shape index (κ1) is 17.5. The van der Waals surface area contributed by atoms with Crippen molar-refractivity contribution < 1.29 is 13.9 Å². The summed E-state index contributed by atoms with van der Waals surface area (Å²) in [5.74, 6) is -0.292. The molecular formula is C20H23FN2O2. The lowest BCUT2D eigenvalue weighted by atomic mass is 10.0. The molecule has 0 N–H and O–H groups in total. The number of hydrogen-bond acceptors (Lipinski definition) is 3. The molecule has 2 aromatic rings. The van der Waals surface area contributed by atoms with Crippen LogP contribution in [0.15, 0.2) is 48.8 Å². The van der Waals surface area contributed by atoms with Crippen molar-refractivity contribution in [3.63, 3.8) is 0 Å². The summed E-state index contributed by atoms with van der Waals surface area (Å²) in [6, 6.07) is 10.2. The van der Waals surface area contributed by atoms with Crippen molar-refractivity contribution in [3.8, 4) is 0 Å². The first-order chi connectivity index (χ1) is 12.2. The van der Waals surface area contributed by atoms with Crippen LogP contribution in [0, 0.1) is 5.82 Å². The molecule has 1 aromatic carbocycles. The maximum atomic E-state index is 13.4. The van der Waals surface area contributed by atoms with Crippen molar-refractivity contribution in [2.24, 2.45) is 0 Å². The molecule has 0 bridgehead atoms. The van der Waals surface area contributed by atoms with Gasteiger partial charge in [0.1, 0.15) is 5.82 Å². The van der Waals surface area contributed by atoms with Gasteiger partial charge in [-0.3, -0.25) is 9.78 Å². The van der Waals surface area contributed by atoms with Gasteiger partial charge in [-0.05, 0) is 55.2 Å². The zero-order chi connectivity index (χ0) is 17.6. The fraction of sp³-hybridized carbons (Fsp3) is 0.400. The van der Waals surface area contributed by atoms with Crippen LogP contribution in [0.25, 0.3) is 0 Å². The Morgan fingerprint density at radius 1 is 1.28 bits per heavy atom. The summed E-state index contributed by atoms with van der Waals surface area (Å²) in [6.45, 7) is 3.28. The summed E-state index contributed by atoms with van der Waals surface area (Å²) in [5, 5.41) is 0. The van der Waals surface area contributed by atoms with Crippen LogP contribution in [0.4, 0.5) is 4.39 Å². The van der Waals surface area contributed by atoms with Crippen LogP contribution < -0.4 is 0 Å². The molecule has 0 aliphatic carbocycles. The Labute approximate surface area is 147 Å². The Hall–Kier alpha value is -2.27. The normalized spacial score (nSPS) is 20.0. The minimum Gasteiger partial charge on any atom is -0.376 e. The first-order valence-electron chi connectivity index (χ1n) is 8.71. The number of likely N-dealkylation sites (tertiary alicyclic amines) is 1. The highest BCUT2D eigenvalue weighted by Gasteiger charge is 2.37. The van der Waals surface area contributed by atoms with Gasteiger partial charge in [0.05, 0.1) is 18.6 Å². The van der Waals surface area contributed by atoms with Gasteiger partial charge in [-0.1, -0.05) is 12.1 Å². The number of carbonyl (C=O) groups excluding carboxylic acids is 1. The minimum absolute atomic E-state index is 0.00316. The van der Waals surface area contributed by atoms with E-state index in [1.165, 1.54) is 12.1 Å². The van der Waals surface area contributed by atoms with E-state index in [1.807, 2.05) is 24.0 Å². The van der Waals surface area contributed by atoms with Crippen LogP contribution in [-0.4, -0.2) is 41.1 Å². The SMILES string of the molecule is CCO[C@@H]1CCN(C(=O)Cc2cccc(F)c2)[C@@H]1Cc1ccncc1. The summed E-state index contributed by atoms with van der Waals surface area (Å²) in [6.07, 6.45) is 5.34. The van der Waals surface area contributed by atoms with Gasteiger partial charge in [0.2, 0.25) is 5.91 Å². The molecule has 1 fully saturated rings. The fourth-order valence-electron chi connectivity index (χ4n) is 3.47. The standard InChI is InChI=1S/C20H23FN2O2/c1-2-25-19-8-11-23(18(19)13-15-6-9-22-10-7-15)20(24)14-16-4-3-5-17(21)12-16/h3-7,9-10,12,18-19H,2,8,11,13-14H2,1H3/t18-,19-/m1/s1. The molecule has 0 unspecified atom stereocenters. The summed E-state index contributed by atoms with van der Waals surface area (Å²) >= 11 is 0. The van der Waals surface area contributed by atoms with Crippen molar-refractivity contribution in [1.29, 1.82) is 0 Å². The number of amides is 1. The molecule has 1 saturated heterocycles. The molecule has 1 aromatic heterocycles. The number of nitrogens with zero attached hydrogens (tertiary/aromatic N) is 2. The number of ether oxygens (including phenoxy) is 1. The molecule has 4 nitrogen and oxygen atoms in total. The summed E-state index contributed by atoms with van der Waals surface area (Å²) in [5.41, 5.74) is 1.84. The molecule has 1 aliphatic rings. The van der Waals surface area contributed by atoms with E-state index in [1.54, 1.807) is 24.5 Å². The van der Waals surface area contributed by atoms with Crippen LogP contribution in [0.2, 0.25) is 0 Å². The van der Waals surface area contributed by atoms with E-state index in [-0.39, 0.29) is 30.3 Å². The molecular weight excluding hydrogens is 319 g/mol. The zero-order valence-corrected chi connectivity index (χ0v) is 14.4. The Bertz CT molecular complexity index is 708. The van der Waals surface area contributed by atoms with Crippen molar-refractivity contribution >= 4 is 5.91 Å².